The van der Waals surface area contributed by atoms with E-state index >= 15 is 0 Å². The zero-order valence-electron chi connectivity index (χ0n) is 10.7. The van der Waals surface area contributed by atoms with Gasteiger partial charge >= 0.3 is 0 Å². The van der Waals surface area contributed by atoms with Crippen LogP contribution in [0.2, 0.25) is 5.02 Å². The molecule has 100 valence electrons. The van der Waals surface area contributed by atoms with Gasteiger partial charge in [0.15, 0.2) is 0 Å². The Morgan fingerprint density at radius 1 is 1.11 bits per heavy atom. The average Bonchev–Trinajstić information content (AvgIpc) is 2.30. The lowest BCUT2D eigenvalue weighted by molar-refractivity contribution is 0.314. The van der Waals surface area contributed by atoms with Crippen molar-refractivity contribution in [3.8, 4) is 0 Å². The van der Waals surface area contributed by atoms with Crippen molar-refractivity contribution in [2.24, 2.45) is 5.73 Å². The molecule has 1 aromatic rings. The summed E-state index contributed by atoms with van der Waals surface area (Å²) in [6.07, 6.45) is 8.89. The van der Waals surface area contributed by atoms with Gasteiger partial charge in [0.2, 0.25) is 0 Å². The van der Waals surface area contributed by atoms with Crippen LogP contribution in [0.25, 0.3) is 0 Å². The zero-order chi connectivity index (χ0) is 13.0. The lowest BCUT2D eigenvalue weighted by atomic mass is 9.80. The summed E-state index contributed by atoms with van der Waals surface area (Å²) in [4.78, 5) is 0. The number of halogens is 2. The van der Waals surface area contributed by atoms with Crippen LogP contribution in [0.15, 0.2) is 18.2 Å². The van der Waals surface area contributed by atoms with Gasteiger partial charge in [-0.3, -0.25) is 0 Å². The number of nitrogens with two attached hydrogens (primary N) is 1. The maximum Gasteiger partial charge on any atom is 0.123 e. The predicted octanol–water partition coefficient (Wildman–Crippen LogP) is 4.46. The van der Waals surface area contributed by atoms with E-state index in [0.29, 0.717) is 11.4 Å². The van der Waals surface area contributed by atoms with Gasteiger partial charge in [-0.25, -0.2) is 4.39 Å². The van der Waals surface area contributed by atoms with Crippen LogP contribution in [-0.4, -0.2) is 5.54 Å². The molecule has 2 N–H and O–H groups in total. The van der Waals surface area contributed by atoms with E-state index in [1.54, 1.807) is 6.07 Å². The van der Waals surface area contributed by atoms with Crippen LogP contribution >= 0.6 is 11.6 Å². The minimum Gasteiger partial charge on any atom is -0.325 e. The maximum atomic E-state index is 13.3. The van der Waals surface area contributed by atoms with Crippen molar-refractivity contribution >= 4 is 11.6 Å². The molecule has 0 amide bonds. The van der Waals surface area contributed by atoms with Crippen LogP contribution < -0.4 is 5.73 Å². The summed E-state index contributed by atoms with van der Waals surface area (Å²) in [7, 11) is 0. The topological polar surface area (TPSA) is 26.0 Å². The summed E-state index contributed by atoms with van der Waals surface area (Å²) in [6.45, 7) is 0. The predicted molar refractivity (Wildman–Crippen MR) is 74.4 cm³/mol. The number of hydrogen-bond donors (Lipinski definition) is 1. The fourth-order valence-corrected chi connectivity index (χ4v) is 3.03. The van der Waals surface area contributed by atoms with Gasteiger partial charge in [-0.05, 0) is 43.0 Å². The molecule has 2 rings (SSSR count). The third-order valence-electron chi connectivity index (χ3n) is 3.90. The first-order valence-corrected chi connectivity index (χ1v) is 7.20. The second-order valence-corrected chi connectivity index (χ2v) is 5.95. The van der Waals surface area contributed by atoms with Crippen molar-refractivity contribution in [1.29, 1.82) is 0 Å². The Morgan fingerprint density at radius 2 is 1.72 bits per heavy atom. The Balaban J connectivity index is 2.11. The molecule has 0 spiro atoms. The van der Waals surface area contributed by atoms with Crippen molar-refractivity contribution in [2.75, 3.05) is 0 Å². The third-order valence-corrected chi connectivity index (χ3v) is 4.27. The molecule has 0 unspecified atom stereocenters. The van der Waals surface area contributed by atoms with E-state index in [-0.39, 0.29) is 11.4 Å². The first kappa shape index (κ1) is 13.8. The summed E-state index contributed by atoms with van der Waals surface area (Å²) in [5.41, 5.74) is 7.13. The van der Waals surface area contributed by atoms with Crippen molar-refractivity contribution in [3.63, 3.8) is 0 Å². The average molecular weight is 270 g/mol. The molecular weight excluding hydrogens is 249 g/mol. The van der Waals surface area contributed by atoms with Gasteiger partial charge in [0.05, 0.1) is 0 Å². The fraction of sp³-hybridized carbons (Fsp3) is 0.600. The van der Waals surface area contributed by atoms with E-state index in [4.69, 9.17) is 17.3 Å². The molecule has 0 saturated heterocycles. The van der Waals surface area contributed by atoms with E-state index in [0.717, 1.165) is 18.4 Å². The summed E-state index contributed by atoms with van der Waals surface area (Å²) in [5, 5.41) is 0.628. The van der Waals surface area contributed by atoms with Crippen molar-refractivity contribution in [1.82, 2.24) is 0 Å². The van der Waals surface area contributed by atoms with E-state index in [2.05, 4.69) is 0 Å². The smallest absolute Gasteiger partial charge is 0.123 e. The lowest BCUT2D eigenvalue weighted by Crippen LogP contribution is -2.42. The minimum atomic E-state index is -0.233. The molecule has 0 atom stereocenters. The normalized spacial score (nSPS) is 20.2. The van der Waals surface area contributed by atoms with Gasteiger partial charge in [0.1, 0.15) is 5.82 Å². The highest BCUT2D eigenvalue weighted by atomic mass is 35.5. The number of benzene rings is 1. The van der Waals surface area contributed by atoms with Crippen molar-refractivity contribution < 1.29 is 4.39 Å². The van der Waals surface area contributed by atoms with Crippen LogP contribution in [0.4, 0.5) is 4.39 Å². The summed E-state index contributed by atoms with van der Waals surface area (Å²) in [6, 6.07) is 4.54. The van der Waals surface area contributed by atoms with Crippen LogP contribution in [0.3, 0.4) is 0 Å². The number of rotatable bonds is 2. The number of hydrogen-bond acceptors (Lipinski definition) is 1. The van der Waals surface area contributed by atoms with E-state index < -0.39 is 0 Å². The third kappa shape index (κ3) is 3.69. The molecule has 18 heavy (non-hydrogen) atoms. The first-order chi connectivity index (χ1) is 8.59. The lowest BCUT2D eigenvalue weighted by Gasteiger charge is -2.32. The second-order valence-electron chi connectivity index (χ2n) is 5.54. The van der Waals surface area contributed by atoms with E-state index in [9.17, 15) is 4.39 Å². The highest BCUT2D eigenvalue weighted by molar-refractivity contribution is 6.31. The SMILES string of the molecule is NC1(Cc2cc(F)ccc2Cl)CCCCCCC1. The molecular formula is C15H21ClFN. The van der Waals surface area contributed by atoms with Crippen LogP contribution in [-0.2, 0) is 6.42 Å². The second kappa shape index (κ2) is 6.03. The van der Waals surface area contributed by atoms with E-state index in [1.165, 1.54) is 44.2 Å². The van der Waals surface area contributed by atoms with Crippen molar-refractivity contribution in [3.05, 3.63) is 34.6 Å². The Kier molecular flexibility index (Phi) is 4.63. The van der Waals surface area contributed by atoms with E-state index in [1.807, 2.05) is 0 Å². The highest BCUT2D eigenvalue weighted by Crippen LogP contribution is 2.30. The van der Waals surface area contributed by atoms with Gasteiger partial charge in [-0.2, -0.15) is 0 Å². The Labute approximate surface area is 114 Å². The standard InChI is InChI=1S/C15H21ClFN/c16-14-7-6-13(17)10-12(14)11-15(18)8-4-2-1-3-5-9-15/h6-7,10H,1-5,8-9,11,18H2. The summed E-state index contributed by atoms with van der Waals surface area (Å²) in [5.74, 6) is -0.233. The van der Waals surface area contributed by atoms with Crippen molar-refractivity contribution in [2.45, 2.75) is 56.9 Å². The van der Waals surface area contributed by atoms with Gasteiger partial charge in [0, 0.05) is 10.6 Å². The van der Waals surface area contributed by atoms with Crippen LogP contribution in [0, 0.1) is 5.82 Å². The van der Waals surface area contributed by atoms with Gasteiger partial charge < -0.3 is 5.73 Å². The monoisotopic (exact) mass is 269 g/mol. The van der Waals surface area contributed by atoms with Gasteiger partial charge in [-0.1, -0.05) is 43.7 Å². The summed E-state index contributed by atoms with van der Waals surface area (Å²) >= 11 is 6.13. The molecule has 1 saturated carbocycles. The Morgan fingerprint density at radius 3 is 2.39 bits per heavy atom. The first-order valence-electron chi connectivity index (χ1n) is 6.82. The molecule has 0 bridgehead atoms. The largest absolute Gasteiger partial charge is 0.325 e. The molecule has 0 radical (unpaired) electrons. The molecule has 1 aliphatic rings. The van der Waals surface area contributed by atoms with Gasteiger partial charge in [0.25, 0.3) is 0 Å². The molecule has 1 aromatic carbocycles. The van der Waals surface area contributed by atoms with Crippen LogP contribution in [0.1, 0.15) is 50.5 Å². The quantitative estimate of drug-likeness (QED) is 0.843. The zero-order valence-corrected chi connectivity index (χ0v) is 11.5. The Bertz CT molecular complexity index is 397. The maximum absolute atomic E-state index is 13.3. The molecule has 1 fully saturated rings. The van der Waals surface area contributed by atoms with Gasteiger partial charge in [-0.15, -0.1) is 0 Å². The molecule has 1 aliphatic carbocycles. The Hall–Kier alpha value is -0.600. The highest BCUT2D eigenvalue weighted by Gasteiger charge is 2.26. The molecule has 0 aromatic heterocycles. The molecule has 0 heterocycles. The summed E-state index contributed by atoms with van der Waals surface area (Å²) < 4.78 is 13.3. The molecule has 0 aliphatic heterocycles. The molecule has 3 heteroatoms. The molecule has 1 nitrogen and oxygen atoms in total. The minimum absolute atomic E-state index is 0.210. The van der Waals surface area contributed by atoms with Crippen LogP contribution in [0.5, 0.6) is 0 Å². The fourth-order valence-electron chi connectivity index (χ4n) is 2.84.